The highest BCUT2D eigenvalue weighted by Gasteiger charge is 2.00. The lowest BCUT2D eigenvalue weighted by atomic mass is 11.0. The Hall–Kier alpha value is -0.700. The monoisotopic (exact) mass is 114 g/mol. The van der Waals surface area contributed by atoms with Crippen molar-refractivity contribution in [3.05, 3.63) is 0 Å². The minimum absolute atomic E-state index is 0.176. The zero-order valence-corrected chi connectivity index (χ0v) is 4.05. The Bertz CT molecular complexity index is 146. The van der Waals surface area contributed by atoms with Crippen LogP contribution in [0.4, 0.5) is 0 Å². The van der Waals surface area contributed by atoms with Crippen molar-refractivity contribution in [1.82, 2.24) is 4.99 Å². The summed E-state index contributed by atoms with van der Waals surface area (Å²) in [5, 5.41) is 0.176. The molecule has 3 nitrogen and oxygen atoms in total. The lowest BCUT2D eigenvalue weighted by molar-refractivity contribution is 1.46. The van der Waals surface area contributed by atoms with Crippen LogP contribution in [0.5, 0.6) is 0 Å². The van der Waals surface area contributed by atoms with Crippen molar-refractivity contribution in [2.45, 2.75) is 0 Å². The van der Waals surface area contributed by atoms with Gasteiger partial charge in [0.15, 0.2) is 0 Å². The average Bonchev–Trinajstić information content (AvgIpc) is 1.69. The number of hydrogen-bond donors (Lipinski definition) is 0. The summed E-state index contributed by atoms with van der Waals surface area (Å²) in [6, 6.07) is 0. The molecule has 4 heteroatoms. The van der Waals surface area contributed by atoms with Crippen LogP contribution in [0, 0.1) is 0 Å². The molecule has 1 aliphatic heterocycles. The van der Waals surface area contributed by atoms with Crippen molar-refractivity contribution in [3.63, 3.8) is 0 Å². The third kappa shape index (κ3) is 1.08. The molecule has 0 atom stereocenters. The molecule has 7 heavy (non-hydrogen) atoms. The van der Waals surface area contributed by atoms with Crippen molar-refractivity contribution in [2.24, 2.45) is 9.98 Å². The minimum Gasteiger partial charge on any atom is -0.0634 e. The summed E-state index contributed by atoms with van der Waals surface area (Å²) < 4.78 is 0. The van der Waals surface area contributed by atoms with Crippen LogP contribution >= 0.6 is 11.6 Å². The van der Waals surface area contributed by atoms with Crippen LogP contribution in [0.15, 0.2) is 9.98 Å². The fourth-order valence-corrected chi connectivity index (χ4v) is 0.283. The topological polar surface area (TPSA) is 38.8 Å². The molecule has 0 aliphatic carbocycles. The average molecular weight is 115 g/mol. The van der Waals surface area contributed by atoms with Gasteiger partial charge in [-0.2, -0.15) is 0 Å². The van der Waals surface area contributed by atoms with Crippen molar-refractivity contribution in [3.8, 4) is 0 Å². The lowest BCUT2D eigenvalue weighted by Crippen LogP contribution is -1.96. The standard InChI is InChI=1S/C3HClN3/c4-3-6-1-5-2-7-3/h1H/q+1. The number of hydrogen-bond acceptors (Lipinski definition) is 3. The van der Waals surface area contributed by atoms with Gasteiger partial charge in [0, 0.05) is 0 Å². The molecule has 2 radical (unpaired) electrons. The molecular weight excluding hydrogens is 114 g/mol. The predicted molar refractivity (Wildman–Crippen MR) is 28.9 cm³/mol. The summed E-state index contributed by atoms with van der Waals surface area (Å²) in [7, 11) is 0. The molecule has 0 saturated carbocycles. The van der Waals surface area contributed by atoms with E-state index in [0.29, 0.717) is 0 Å². The Balaban J connectivity index is 2.82. The Morgan fingerprint density at radius 2 is 2.71 bits per heavy atom. The van der Waals surface area contributed by atoms with Gasteiger partial charge in [-0.1, -0.05) is 9.98 Å². The number of aliphatic imine (C=N–C) groups is 3. The zero-order valence-electron chi connectivity index (χ0n) is 3.30. The second kappa shape index (κ2) is 1.84. The van der Waals surface area contributed by atoms with E-state index in [0.717, 1.165) is 0 Å². The van der Waals surface area contributed by atoms with Crippen LogP contribution in [0.25, 0.3) is 0 Å². The largest absolute Gasteiger partial charge is 0.382 e. The minimum atomic E-state index is 0.176. The summed E-state index contributed by atoms with van der Waals surface area (Å²) in [6.45, 7) is 0. The van der Waals surface area contributed by atoms with E-state index < -0.39 is 0 Å². The van der Waals surface area contributed by atoms with Gasteiger partial charge in [0.25, 0.3) is 6.34 Å². The molecule has 0 unspecified atom stereocenters. The third-order valence-corrected chi connectivity index (χ3v) is 0.604. The molecule has 0 spiro atoms. The van der Waals surface area contributed by atoms with Crippen molar-refractivity contribution < 1.29 is 0 Å². The van der Waals surface area contributed by atoms with Crippen molar-refractivity contribution in [1.29, 1.82) is 0 Å². The molecule has 0 bridgehead atoms. The summed E-state index contributed by atoms with van der Waals surface area (Å²) in [4.78, 5) is 10.3. The number of nitrogens with zero attached hydrogens (tertiary/aromatic N) is 3. The molecule has 1 heterocycles. The Morgan fingerprint density at radius 3 is 3.00 bits per heavy atom. The van der Waals surface area contributed by atoms with Crippen molar-refractivity contribution in [2.75, 3.05) is 0 Å². The molecule has 0 amide bonds. The second-order valence-electron chi connectivity index (χ2n) is 0.855. The van der Waals surface area contributed by atoms with Crippen LogP contribution in [0.3, 0.4) is 0 Å². The van der Waals surface area contributed by atoms with Crippen LogP contribution < -0.4 is 4.99 Å². The molecular formula is C3HClN3+. The number of amidine groups is 1. The van der Waals surface area contributed by atoms with E-state index >= 15 is 0 Å². The first-order valence-corrected chi connectivity index (χ1v) is 1.98. The van der Waals surface area contributed by atoms with E-state index in [4.69, 9.17) is 11.6 Å². The summed E-state index contributed by atoms with van der Waals surface area (Å²) in [5.74, 6) is 0. The van der Waals surface area contributed by atoms with Crippen LogP contribution in [0.1, 0.15) is 0 Å². The van der Waals surface area contributed by atoms with Crippen LogP contribution in [-0.2, 0) is 0 Å². The van der Waals surface area contributed by atoms with Gasteiger partial charge in [0.1, 0.15) is 0 Å². The molecule has 0 aromatic rings. The van der Waals surface area contributed by atoms with Crippen LogP contribution in [-0.4, -0.2) is 18.0 Å². The van der Waals surface area contributed by atoms with E-state index in [9.17, 15) is 0 Å². The maximum atomic E-state index is 5.25. The Kier molecular flexibility index (Phi) is 1.17. The van der Waals surface area contributed by atoms with Crippen LogP contribution in [0.2, 0.25) is 0 Å². The van der Waals surface area contributed by atoms with E-state index in [2.05, 4.69) is 21.3 Å². The first-order valence-electron chi connectivity index (χ1n) is 1.60. The van der Waals surface area contributed by atoms with E-state index in [-0.39, 0.29) is 5.29 Å². The second-order valence-corrected chi connectivity index (χ2v) is 1.19. The van der Waals surface area contributed by atoms with Gasteiger partial charge in [-0.25, -0.2) is 0 Å². The maximum Gasteiger partial charge on any atom is 0.382 e. The Labute approximate surface area is 45.5 Å². The quantitative estimate of drug-likeness (QED) is 0.394. The summed E-state index contributed by atoms with van der Waals surface area (Å²) in [6.07, 6.45) is 3.55. The third-order valence-electron chi connectivity index (χ3n) is 0.422. The fraction of sp³-hybridized carbons (Fsp3) is 0. The van der Waals surface area contributed by atoms with Gasteiger partial charge in [-0.05, 0) is 16.6 Å². The highest BCUT2D eigenvalue weighted by atomic mass is 35.5. The smallest absolute Gasteiger partial charge is 0.0634 e. The number of rotatable bonds is 0. The molecule has 0 saturated heterocycles. The zero-order chi connectivity index (χ0) is 5.11. The van der Waals surface area contributed by atoms with Gasteiger partial charge in [-0.15, -0.1) is 0 Å². The molecule has 34 valence electrons. The summed E-state index contributed by atoms with van der Waals surface area (Å²) >= 11 is 5.25. The predicted octanol–water partition coefficient (Wildman–Crippen LogP) is -0.136. The van der Waals surface area contributed by atoms with Gasteiger partial charge >= 0.3 is 11.6 Å². The molecule has 0 N–H and O–H groups in total. The highest BCUT2D eigenvalue weighted by molar-refractivity contribution is 6.66. The van der Waals surface area contributed by atoms with Gasteiger partial charge in [0.05, 0.1) is 0 Å². The first-order chi connectivity index (χ1) is 3.39. The van der Waals surface area contributed by atoms with E-state index in [1.807, 2.05) is 0 Å². The molecule has 0 aromatic heterocycles. The van der Waals surface area contributed by atoms with Gasteiger partial charge in [-0.3, -0.25) is 0 Å². The molecule has 0 aromatic carbocycles. The summed E-state index contributed by atoms with van der Waals surface area (Å²) in [5.41, 5.74) is 0. The first kappa shape index (κ1) is 4.46. The Morgan fingerprint density at radius 1 is 1.86 bits per heavy atom. The van der Waals surface area contributed by atoms with E-state index in [1.54, 1.807) is 0 Å². The number of halogens is 1. The van der Waals surface area contributed by atoms with Gasteiger partial charge in [0.2, 0.25) is 0 Å². The van der Waals surface area contributed by atoms with Gasteiger partial charge < -0.3 is 0 Å². The fourth-order valence-electron chi connectivity index (χ4n) is 0.201. The van der Waals surface area contributed by atoms with Crippen molar-refractivity contribution >= 4 is 29.6 Å². The SMILES string of the molecule is ClC1=N[C]=[N+]C=N1. The molecule has 0 fully saturated rings. The maximum absolute atomic E-state index is 5.25. The van der Waals surface area contributed by atoms with E-state index in [1.165, 1.54) is 6.34 Å². The molecule has 1 rings (SSSR count). The lowest BCUT2D eigenvalue weighted by Gasteiger charge is -1.69. The normalized spacial score (nSPS) is 17.0. The molecule has 1 aliphatic rings. The highest BCUT2D eigenvalue weighted by Crippen LogP contribution is 1.85.